The van der Waals surface area contributed by atoms with Crippen LogP contribution in [0.4, 0.5) is 0 Å². The first kappa shape index (κ1) is 43.6. The van der Waals surface area contributed by atoms with Crippen LogP contribution in [0.1, 0.15) is 63.8 Å². The number of nitrogens with zero attached hydrogens (tertiary/aromatic N) is 1. The van der Waals surface area contributed by atoms with Crippen molar-refractivity contribution >= 4 is 0 Å². The largest absolute Gasteiger partial charge is 0.598 e. The van der Waals surface area contributed by atoms with Crippen molar-refractivity contribution in [1.29, 1.82) is 0 Å². The third-order valence-corrected chi connectivity index (χ3v) is 1.52. The predicted octanol–water partition coefficient (Wildman–Crippen LogP) is 4.53. The third kappa shape index (κ3) is 31.3. The van der Waals surface area contributed by atoms with E-state index >= 15 is 0 Å². The van der Waals surface area contributed by atoms with Crippen molar-refractivity contribution in [2.45, 2.75) is 63.8 Å². The fourth-order valence-corrected chi connectivity index (χ4v) is 1.01. The monoisotopic (exact) mass is 258 g/mol. The molecule has 0 bridgehead atoms. The summed E-state index contributed by atoms with van der Waals surface area (Å²) in [4.78, 5) is -1.00. The second-order valence-electron chi connectivity index (χ2n) is 2.85. The molecule has 2 N–H and O–H groups in total. The van der Waals surface area contributed by atoms with Crippen LogP contribution in [0.5, 0.6) is 0 Å². The molecule has 0 radical (unpaired) electrons. The molecular weight excluding hydrogens is 216 g/mol. The zero-order chi connectivity index (χ0) is 8.74. The van der Waals surface area contributed by atoms with Crippen molar-refractivity contribution in [2.24, 2.45) is 0 Å². The molecule has 0 spiro atoms. The first-order valence-electron chi connectivity index (χ1n) is 4.02. The summed E-state index contributed by atoms with van der Waals surface area (Å²) in [5, 5.41) is 22.1. The van der Waals surface area contributed by atoms with Gasteiger partial charge in [0.25, 0.3) is 0 Å². The molecule has 1 aliphatic heterocycles. The average Bonchev–Trinajstić information content (AvgIpc) is 1.88. The molecule has 1 saturated heterocycles. The molecule has 1 fully saturated rings. The van der Waals surface area contributed by atoms with Gasteiger partial charge in [0.2, 0.25) is 0 Å². The summed E-state index contributed by atoms with van der Waals surface area (Å²) in [7, 11) is 3.75. The van der Waals surface area contributed by atoms with E-state index < -0.39 is 4.81 Å². The molecule has 0 amide bonds. The van der Waals surface area contributed by atoms with E-state index in [1.54, 1.807) is 0 Å². The molecule has 1 heterocycles. The van der Waals surface area contributed by atoms with Crippen LogP contribution in [0.15, 0.2) is 0 Å². The fourth-order valence-electron chi connectivity index (χ4n) is 1.01. The van der Waals surface area contributed by atoms with Gasteiger partial charge in [-0.3, -0.25) is 0 Å². The summed E-state index contributed by atoms with van der Waals surface area (Å²) in [5.74, 6) is 0. The van der Waals surface area contributed by atoms with E-state index in [1.807, 2.05) is 14.1 Å². The number of hydroxylamine groups is 4. The van der Waals surface area contributed by atoms with Crippen LogP contribution >= 0.6 is 0 Å². The van der Waals surface area contributed by atoms with Crippen molar-refractivity contribution in [3.05, 3.63) is 5.21 Å². The van der Waals surface area contributed by atoms with Gasteiger partial charge in [0.1, 0.15) is 13.1 Å². The van der Waals surface area contributed by atoms with Gasteiger partial charge in [-0.15, -0.1) is 0 Å². The molecule has 1 rings (SSSR count). The zero-order valence-electron chi connectivity index (χ0n) is 7.34. The standard InChI is InChI=1S/C5H11NO2.C2H7N.6CH4/c7-6(8)4-2-1-3-5-6;1-3-2;;;;;;/h7H,1-5H2;3H,1-2H3;6*1H4. The van der Waals surface area contributed by atoms with Crippen LogP contribution in [-0.2, 0) is 0 Å². The van der Waals surface area contributed by atoms with Gasteiger partial charge in [-0.2, -0.15) is 0 Å². The number of rotatable bonds is 0. The molecule has 0 unspecified atom stereocenters. The number of piperidine rings is 1. The fraction of sp³-hybridized carbons (Fsp3) is 1.00. The second-order valence-corrected chi connectivity index (χ2v) is 2.85. The Morgan fingerprint density at radius 2 is 1.06 bits per heavy atom. The van der Waals surface area contributed by atoms with Crippen LogP contribution in [0.3, 0.4) is 0 Å². The average molecular weight is 258 g/mol. The number of quaternary nitrogens is 1. The van der Waals surface area contributed by atoms with Crippen molar-refractivity contribution in [1.82, 2.24) is 5.32 Å². The van der Waals surface area contributed by atoms with Gasteiger partial charge in [-0.25, -0.2) is 10.0 Å². The van der Waals surface area contributed by atoms with Gasteiger partial charge in [-0.05, 0) is 33.4 Å². The third-order valence-electron chi connectivity index (χ3n) is 1.52. The van der Waals surface area contributed by atoms with E-state index in [2.05, 4.69) is 5.32 Å². The van der Waals surface area contributed by atoms with Gasteiger partial charge in [0, 0.05) is 0 Å². The zero-order valence-corrected chi connectivity index (χ0v) is 7.34. The van der Waals surface area contributed by atoms with E-state index in [4.69, 9.17) is 5.21 Å². The molecule has 1 aliphatic rings. The van der Waals surface area contributed by atoms with E-state index in [0.29, 0.717) is 13.1 Å². The summed E-state index contributed by atoms with van der Waals surface area (Å²) in [6, 6.07) is 0. The molecule has 4 nitrogen and oxygen atoms in total. The summed E-state index contributed by atoms with van der Waals surface area (Å²) in [6.45, 7) is 0.778. The molecule has 0 saturated carbocycles. The summed E-state index contributed by atoms with van der Waals surface area (Å²) in [6.07, 6.45) is 2.85. The molecule has 0 aliphatic carbocycles. The lowest BCUT2D eigenvalue weighted by molar-refractivity contribution is -1.07. The molecule has 17 heavy (non-hydrogen) atoms. The normalized spacial score (nSPS) is 14.1. The second kappa shape index (κ2) is 24.9. The maximum absolute atomic E-state index is 10.6. The van der Waals surface area contributed by atoms with Gasteiger partial charge in [0.15, 0.2) is 0 Å². The smallest absolute Gasteiger partial charge is 0.108 e. The molecule has 0 atom stereocenters. The summed E-state index contributed by atoms with van der Waals surface area (Å²) in [5.41, 5.74) is 0. The highest BCUT2D eigenvalue weighted by atomic mass is 16.8. The summed E-state index contributed by atoms with van der Waals surface area (Å²) >= 11 is 0. The molecule has 0 aromatic carbocycles. The molecule has 0 aromatic rings. The van der Waals surface area contributed by atoms with E-state index in [0.717, 1.165) is 19.3 Å². The lowest BCUT2D eigenvalue weighted by atomic mass is 10.2. The molecule has 4 heteroatoms. The van der Waals surface area contributed by atoms with Crippen LogP contribution in [0.2, 0.25) is 0 Å². The van der Waals surface area contributed by atoms with Crippen molar-refractivity contribution < 1.29 is 10.0 Å². The number of hydrogen-bond donors (Lipinski definition) is 2. The quantitative estimate of drug-likeness (QED) is 0.496. The Bertz CT molecular complexity index is 91.4. The Labute approximate surface area is 112 Å². The predicted molar refractivity (Wildman–Crippen MR) is 84.4 cm³/mol. The molecular formula is C13H42N2O2. The molecule has 0 aromatic heterocycles. The highest BCUT2D eigenvalue weighted by molar-refractivity contribution is 4.47. The minimum atomic E-state index is -1.00. The number of hydrogen-bond acceptors (Lipinski definition) is 3. The van der Waals surface area contributed by atoms with Crippen molar-refractivity contribution in [2.75, 3.05) is 27.2 Å². The topological polar surface area (TPSA) is 55.3 Å². The van der Waals surface area contributed by atoms with Crippen LogP contribution < -0.4 is 5.32 Å². The van der Waals surface area contributed by atoms with Crippen LogP contribution in [-0.4, -0.2) is 37.2 Å². The first-order valence-corrected chi connectivity index (χ1v) is 4.02. The SMILES string of the molecule is C.C.C.C.C.C.CNC.[O-][N+]1(O)CCCCC1. The highest BCUT2D eigenvalue weighted by Crippen LogP contribution is 2.12. The first-order chi connectivity index (χ1) is 5.12. The highest BCUT2D eigenvalue weighted by Gasteiger charge is 2.17. The van der Waals surface area contributed by atoms with E-state index in [-0.39, 0.29) is 44.6 Å². The van der Waals surface area contributed by atoms with Crippen LogP contribution in [0.25, 0.3) is 0 Å². The Morgan fingerprint density at radius 1 is 0.824 bits per heavy atom. The Hall–Kier alpha value is -0.160. The minimum absolute atomic E-state index is 0. The van der Waals surface area contributed by atoms with Gasteiger partial charge in [-0.1, -0.05) is 44.6 Å². The van der Waals surface area contributed by atoms with E-state index in [9.17, 15) is 5.21 Å². The Morgan fingerprint density at radius 3 is 1.18 bits per heavy atom. The van der Waals surface area contributed by atoms with Crippen molar-refractivity contribution in [3.63, 3.8) is 0 Å². The van der Waals surface area contributed by atoms with E-state index in [1.165, 1.54) is 0 Å². The lowest BCUT2D eigenvalue weighted by Crippen LogP contribution is -2.42. The van der Waals surface area contributed by atoms with Crippen LogP contribution in [0, 0.1) is 5.21 Å². The number of nitrogens with one attached hydrogen (secondary N) is 1. The maximum Gasteiger partial charge on any atom is 0.108 e. The van der Waals surface area contributed by atoms with Gasteiger partial charge < -0.3 is 10.5 Å². The molecule has 116 valence electrons. The minimum Gasteiger partial charge on any atom is -0.598 e. The maximum atomic E-state index is 10.6. The van der Waals surface area contributed by atoms with Crippen molar-refractivity contribution in [3.8, 4) is 0 Å². The van der Waals surface area contributed by atoms with Gasteiger partial charge in [0.05, 0.1) is 0 Å². The summed E-state index contributed by atoms with van der Waals surface area (Å²) < 4.78 is 0. The Kier molecular flexibility index (Phi) is 63.9. The Balaban J connectivity index is -0.0000000206. The van der Waals surface area contributed by atoms with Gasteiger partial charge >= 0.3 is 0 Å². The lowest BCUT2D eigenvalue weighted by Gasteiger charge is -2.36.